The summed E-state index contributed by atoms with van der Waals surface area (Å²) in [4.78, 5) is 0. The molecule has 0 spiro atoms. The number of rotatable bonds is 3. The van der Waals surface area contributed by atoms with Gasteiger partial charge in [-0.15, -0.1) is 0 Å². The number of fused-ring (bicyclic) bond motifs is 2. The average Bonchev–Trinajstić information content (AvgIpc) is 2.64. The Labute approximate surface area is 152 Å². The summed E-state index contributed by atoms with van der Waals surface area (Å²) in [6.07, 6.45) is 14.5. The van der Waals surface area contributed by atoms with Crippen molar-refractivity contribution in [2.45, 2.75) is 96.3 Å². The van der Waals surface area contributed by atoms with Gasteiger partial charge in [-0.05, 0) is 99.7 Å². The Hall–Kier alpha value is -0.400. The van der Waals surface area contributed by atoms with E-state index in [-0.39, 0.29) is 5.92 Å². The van der Waals surface area contributed by atoms with Gasteiger partial charge in [-0.1, -0.05) is 31.4 Å². The van der Waals surface area contributed by atoms with Crippen LogP contribution in [0.5, 0.6) is 0 Å². The molecule has 4 aliphatic rings. The fraction of sp³-hybridized carbons (Fsp3) is 0.913. The molecular weight excluding hydrogens is 314 g/mol. The maximum absolute atomic E-state index is 14.2. The third kappa shape index (κ3) is 3.69. The van der Waals surface area contributed by atoms with E-state index in [1.807, 2.05) is 0 Å². The van der Waals surface area contributed by atoms with Crippen LogP contribution in [0.15, 0.2) is 11.6 Å². The second-order valence-electron chi connectivity index (χ2n) is 9.64. The van der Waals surface area contributed by atoms with Gasteiger partial charge in [0.05, 0.1) is 0 Å². The lowest BCUT2D eigenvalue weighted by molar-refractivity contribution is -0.00199. The van der Waals surface area contributed by atoms with E-state index in [0.717, 1.165) is 43.4 Å². The van der Waals surface area contributed by atoms with E-state index in [4.69, 9.17) is 0 Å². The summed E-state index contributed by atoms with van der Waals surface area (Å²) in [5, 5.41) is 0. The Morgan fingerprint density at radius 2 is 1.80 bits per heavy atom. The third-order valence-electron chi connectivity index (χ3n) is 8.21. The van der Waals surface area contributed by atoms with Crippen molar-refractivity contribution < 1.29 is 8.78 Å². The van der Waals surface area contributed by atoms with Crippen molar-refractivity contribution in [3.05, 3.63) is 11.6 Å². The van der Waals surface area contributed by atoms with E-state index in [9.17, 15) is 8.78 Å². The first-order valence-corrected chi connectivity index (χ1v) is 11.1. The fourth-order valence-corrected chi connectivity index (χ4v) is 6.83. The molecule has 4 rings (SSSR count). The molecule has 142 valence electrons. The van der Waals surface area contributed by atoms with Crippen molar-refractivity contribution in [1.29, 1.82) is 0 Å². The van der Waals surface area contributed by atoms with Crippen LogP contribution in [0.25, 0.3) is 0 Å². The van der Waals surface area contributed by atoms with Gasteiger partial charge in [-0.3, -0.25) is 0 Å². The standard InChI is InChI=1S/C23H36F2/c1-2-3-15-4-5-17-13-18(7-6-16(17)12-15)19-8-10-21-20(14-19)9-11-22(24)23(21)25/h13,15-17,19-23H,2-12,14H2,1H3. The maximum atomic E-state index is 14.2. The van der Waals surface area contributed by atoms with E-state index in [1.54, 1.807) is 5.57 Å². The lowest BCUT2D eigenvalue weighted by Crippen LogP contribution is -2.41. The van der Waals surface area contributed by atoms with Gasteiger partial charge in [-0.25, -0.2) is 8.78 Å². The van der Waals surface area contributed by atoms with Gasteiger partial charge in [0, 0.05) is 0 Å². The Morgan fingerprint density at radius 3 is 2.64 bits per heavy atom. The third-order valence-corrected chi connectivity index (χ3v) is 8.21. The zero-order valence-corrected chi connectivity index (χ0v) is 15.9. The summed E-state index contributed by atoms with van der Waals surface area (Å²) in [6, 6.07) is 0. The topological polar surface area (TPSA) is 0 Å². The van der Waals surface area contributed by atoms with Gasteiger partial charge >= 0.3 is 0 Å². The van der Waals surface area contributed by atoms with Crippen molar-refractivity contribution >= 4 is 0 Å². The molecule has 3 saturated carbocycles. The van der Waals surface area contributed by atoms with Gasteiger partial charge in [0.15, 0.2) is 0 Å². The highest BCUT2D eigenvalue weighted by atomic mass is 19.2. The van der Waals surface area contributed by atoms with Crippen LogP contribution in [0, 0.1) is 35.5 Å². The molecule has 0 aromatic rings. The second-order valence-corrected chi connectivity index (χ2v) is 9.64. The van der Waals surface area contributed by atoms with Gasteiger partial charge in [-0.2, -0.15) is 0 Å². The summed E-state index contributed by atoms with van der Waals surface area (Å²) < 4.78 is 27.9. The lowest BCUT2D eigenvalue weighted by Gasteiger charge is -2.45. The molecule has 0 nitrogen and oxygen atoms in total. The first kappa shape index (κ1) is 18.0. The van der Waals surface area contributed by atoms with Gasteiger partial charge in [0.25, 0.3) is 0 Å². The van der Waals surface area contributed by atoms with Crippen LogP contribution in [0.3, 0.4) is 0 Å². The maximum Gasteiger partial charge on any atom is 0.134 e. The zero-order chi connectivity index (χ0) is 17.4. The van der Waals surface area contributed by atoms with Crippen LogP contribution < -0.4 is 0 Å². The molecule has 0 bridgehead atoms. The number of halogens is 2. The van der Waals surface area contributed by atoms with Crippen LogP contribution in [0.1, 0.15) is 84.0 Å². The SMILES string of the molecule is CCCC1CCC2C=C(C3CCC4C(CCC(F)C4F)C3)CCC2C1. The molecule has 0 saturated heterocycles. The van der Waals surface area contributed by atoms with Crippen molar-refractivity contribution in [2.24, 2.45) is 35.5 Å². The molecule has 8 unspecified atom stereocenters. The first-order chi connectivity index (χ1) is 12.2. The largest absolute Gasteiger partial charge is 0.244 e. The molecular formula is C23H36F2. The predicted molar refractivity (Wildman–Crippen MR) is 99.9 cm³/mol. The number of hydrogen-bond donors (Lipinski definition) is 0. The Balaban J connectivity index is 1.37. The minimum absolute atomic E-state index is 0.0152. The molecule has 2 heteroatoms. The van der Waals surface area contributed by atoms with E-state index in [1.165, 1.54) is 44.9 Å². The number of allylic oxidation sites excluding steroid dienone is 2. The van der Waals surface area contributed by atoms with Gasteiger partial charge in [0.2, 0.25) is 0 Å². The summed E-state index contributed by atoms with van der Waals surface area (Å²) in [6.45, 7) is 2.32. The van der Waals surface area contributed by atoms with Gasteiger partial charge in [0.1, 0.15) is 12.3 Å². The molecule has 0 amide bonds. The summed E-state index contributed by atoms with van der Waals surface area (Å²) in [7, 11) is 0. The molecule has 0 N–H and O–H groups in total. The van der Waals surface area contributed by atoms with Crippen LogP contribution in [0.4, 0.5) is 8.78 Å². The van der Waals surface area contributed by atoms with E-state index < -0.39 is 12.3 Å². The lowest BCUT2D eigenvalue weighted by atomic mass is 9.62. The Morgan fingerprint density at radius 1 is 0.920 bits per heavy atom. The monoisotopic (exact) mass is 350 g/mol. The molecule has 3 fully saturated rings. The molecule has 0 aromatic carbocycles. The number of alkyl halides is 2. The van der Waals surface area contributed by atoms with Crippen molar-refractivity contribution in [2.75, 3.05) is 0 Å². The van der Waals surface area contributed by atoms with Crippen molar-refractivity contribution in [3.63, 3.8) is 0 Å². The molecule has 8 atom stereocenters. The van der Waals surface area contributed by atoms with Crippen molar-refractivity contribution in [3.8, 4) is 0 Å². The van der Waals surface area contributed by atoms with Crippen LogP contribution in [0.2, 0.25) is 0 Å². The van der Waals surface area contributed by atoms with E-state index in [0.29, 0.717) is 18.3 Å². The van der Waals surface area contributed by atoms with E-state index >= 15 is 0 Å². The minimum Gasteiger partial charge on any atom is -0.244 e. The summed E-state index contributed by atoms with van der Waals surface area (Å²) >= 11 is 0. The number of hydrogen-bond acceptors (Lipinski definition) is 0. The summed E-state index contributed by atoms with van der Waals surface area (Å²) in [5.74, 6) is 3.88. The molecule has 0 heterocycles. The smallest absolute Gasteiger partial charge is 0.134 e. The van der Waals surface area contributed by atoms with E-state index in [2.05, 4.69) is 13.0 Å². The first-order valence-electron chi connectivity index (χ1n) is 11.1. The average molecular weight is 351 g/mol. The van der Waals surface area contributed by atoms with Gasteiger partial charge < -0.3 is 0 Å². The highest BCUT2D eigenvalue weighted by molar-refractivity contribution is 5.16. The zero-order valence-electron chi connectivity index (χ0n) is 15.9. The van der Waals surface area contributed by atoms with Crippen LogP contribution in [-0.2, 0) is 0 Å². The molecule has 0 aromatic heterocycles. The fourth-order valence-electron chi connectivity index (χ4n) is 6.83. The Kier molecular flexibility index (Phi) is 5.53. The Bertz CT molecular complexity index is 484. The molecule has 4 aliphatic carbocycles. The predicted octanol–water partition coefficient (Wildman–Crippen LogP) is 7.04. The van der Waals surface area contributed by atoms with Crippen LogP contribution in [-0.4, -0.2) is 12.3 Å². The summed E-state index contributed by atoms with van der Waals surface area (Å²) in [5.41, 5.74) is 1.70. The minimum atomic E-state index is -1.19. The van der Waals surface area contributed by atoms with Crippen LogP contribution >= 0.6 is 0 Å². The highest BCUT2D eigenvalue weighted by Crippen LogP contribution is 2.50. The van der Waals surface area contributed by atoms with Crippen molar-refractivity contribution in [1.82, 2.24) is 0 Å². The quantitative estimate of drug-likeness (QED) is 0.479. The normalized spacial score (nSPS) is 47.6. The molecule has 25 heavy (non-hydrogen) atoms. The highest BCUT2D eigenvalue weighted by Gasteiger charge is 2.44. The molecule has 0 aliphatic heterocycles. The molecule has 0 radical (unpaired) electrons. The second kappa shape index (κ2) is 7.69.